The highest BCUT2D eigenvalue weighted by molar-refractivity contribution is 5.30. The van der Waals surface area contributed by atoms with Crippen molar-refractivity contribution >= 4 is 0 Å². The van der Waals surface area contributed by atoms with Crippen LogP contribution < -0.4 is 0 Å². The van der Waals surface area contributed by atoms with Crippen molar-refractivity contribution in [2.24, 2.45) is 0 Å². The van der Waals surface area contributed by atoms with Crippen molar-refractivity contribution in [1.82, 2.24) is 9.78 Å². The molecule has 0 spiro atoms. The second kappa shape index (κ2) is 3.45. The summed E-state index contributed by atoms with van der Waals surface area (Å²) in [5, 5.41) is 13.4. The average molecular weight is 189 g/mol. The number of nitrogens with zero attached hydrogens (tertiary/aromatic N) is 3. The van der Waals surface area contributed by atoms with E-state index >= 15 is 0 Å². The second-order valence-corrected chi connectivity index (χ2v) is 4.16. The number of hydrogen-bond donors (Lipinski definition) is 0. The molecule has 1 aromatic heterocycles. The van der Waals surface area contributed by atoms with Gasteiger partial charge in [0.15, 0.2) is 0 Å². The van der Waals surface area contributed by atoms with Crippen molar-refractivity contribution in [3.63, 3.8) is 0 Å². The third kappa shape index (κ3) is 1.31. The number of aromatic nitrogens is 2. The van der Waals surface area contributed by atoms with E-state index in [0.717, 1.165) is 24.8 Å². The Kier molecular flexibility index (Phi) is 2.28. The Hall–Kier alpha value is -1.30. The summed E-state index contributed by atoms with van der Waals surface area (Å²) in [6.07, 6.45) is 5.06. The molecule has 1 unspecified atom stereocenters. The Labute approximate surface area is 84.3 Å². The molecule has 1 aliphatic carbocycles. The zero-order valence-corrected chi connectivity index (χ0v) is 8.70. The van der Waals surface area contributed by atoms with Crippen molar-refractivity contribution in [3.8, 4) is 6.07 Å². The van der Waals surface area contributed by atoms with E-state index in [2.05, 4.69) is 29.7 Å². The van der Waals surface area contributed by atoms with Crippen LogP contribution in [-0.2, 0) is 6.42 Å². The van der Waals surface area contributed by atoms with E-state index in [0.29, 0.717) is 6.04 Å². The third-order valence-electron chi connectivity index (χ3n) is 2.86. The molecular weight excluding hydrogens is 174 g/mol. The molecule has 0 bridgehead atoms. The first kappa shape index (κ1) is 9.26. The molecule has 0 aromatic carbocycles. The van der Waals surface area contributed by atoms with E-state index in [1.807, 2.05) is 6.20 Å². The van der Waals surface area contributed by atoms with Crippen LogP contribution in [0.25, 0.3) is 0 Å². The number of fused-ring (bicyclic) bond motifs is 1. The van der Waals surface area contributed by atoms with Gasteiger partial charge >= 0.3 is 0 Å². The minimum absolute atomic E-state index is 0.0752. The zero-order valence-electron chi connectivity index (χ0n) is 8.70. The van der Waals surface area contributed by atoms with Crippen LogP contribution in [0.4, 0.5) is 0 Å². The summed E-state index contributed by atoms with van der Waals surface area (Å²) in [6.45, 7) is 4.26. The molecule has 0 saturated carbocycles. The van der Waals surface area contributed by atoms with Gasteiger partial charge in [0, 0.05) is 17.3 Å². The summed E-state index contributed by atoms with van der Waals surface area (Å²) in [6, 6.07) is 2.76. The normalized spacial score (nSPS) is 20.6. The van der Waals surface area contributed by atoms with Gasteiger partial charge in [0.2, 0.25) is 0 Å². The molecule has 1 atom stereocenters. The van der Waals surface area contributed by atoms with Gasteiger partial charge in [-0.2, -0.15) is 10.4 Å². The topological polar surface area (TPSA) is 41.6 Å². The third-order valence-corrected chi connectivity index (χ3v) is 2.86. The zero-order chi connectivity index (χ0) is 10.1. The molecule has 2 rings (SSSR count). The van der Waals surface area contributed by atoms with E-state index in [-0.39, 0.29) is 5.92 Å². The summed E-state index contributed by atoms with van der Waals surface area (Å²) in [5.74, 6) is 0.0752. The molecule has 0 saturated heterocycles. The predicted molar refractivity (Wildman–Crippen MR) is 53.9 cm³/mol. The maximum Gasteiger partial charge on any atom is 0.0746 e. The van der Waals surface area contributed by atoms with E-state index in [4.69, 9.17) is 5.26 Å². The molecule has 3 heteroatoms. The fraction of sp³-hybridized carbons (Fsp3) is 0.636. The molecule has 74 valence electrons. The Bertz CT molecular complexity index is 370. The SMILES string of the molecule is CC(C)n1ncc2c1CCCC2C#N. The van der Waals surface area contributed by atoms with Gasteiger partial charge in [-0.25, -0.2) is 0 Å². The molecule has 14 heavy (non-hydrogen) atoms. The van der Waals surface area contributed by atoms with Crippen LogP contribution in [0.15, 0.2) is 6.20 Å². The lowest BCUT2D eigenvalue weighted by molar-refractivity contribution is 0.490. The monoisotopic (exact) mass is 189 g/mol. The fourth-order valence-electron chi connectivity index (χ4n) is 2.16. The summed E-state index contributed by atoms with van der Waals surface area (Å²) in [7, 11) is 0. The molecular formula is C11H15N3. The molecule has 0 radical (unpaired) electrons. The molecule has 1 aliphatic rings. The molecule has 3 nitrogen and oxygen atoms in total. The van der Waals surface area contributed by atoms with Crippen LogP contribution in [0.5, 0.6) is 0 Å². The van der Waals surface area contributed by atoms with Crippen LogP contribution in [0, 0.1) is 11.3 Å². The average Bonchev–Trinajstić information content (AvgIpc) is 2.60. The summed E-state index contributed by atoms with van der Waals surface area (Å²) in [5.41, 5.74) is 2.44. The molecule has 0 aliphatic heterocycles. The van der Waals surface area contributed by atoms with E-state index in [1.54, 1.807) is 0 Å². The second-order valence-electron chi connectivity index (χ2n) is 4.16. The molecule has 0 fully saturated rings. The lowest BCUT2D eigenvalue weighted by Gasteiger charge is -2.19. The lowest BCUT2D eigenvalue weighted by Crippen LogP contribution is -2.13. The van der Waals surface area contributed by atoms with Crippen molar-refractivity contribution in [3.05, 3.63) is 17.5 Å². The van der Waals surface area contributed by atoms with E-state index in [9.17, 15) is 0 Å². The molecule has 0 N–H and O–H groups in total. The fourth-order valence-corrected chi connectivity index (χ4v) is 2.16. The van der Waals surface area contributed by atoms with Crippen LogP contribution in [0.2, 0.25) is 0 Å². The van der Waals surface area contributed by atoms with Gasteiger partial charge in [-0.15, -0.1) is 0 Å². The van der Waals surface area contributed by atoms with Crippen molar-refractivity contribution in [2.45, 2.75) is 45.1 Å². The molecule has 1 aromatic rings. The highest BCUT2D eigenvalue weighted by Gasteiger charge is 2.24. The Morgan fingerprint density at radius 1 is 1.64 bits per heavy atom. The van der Waals surface area contributed by atoms with Gasteiger partial charge in [0.1, 0.15) is 0 Å². The van der Waals surface area contributed by atoms with Crippen molar-refractivity contribution in [1.29, 1.82) is 5.26 Å². The van der Waals surface area contributed by atoms with Crippen LogP contribution in [-0.4, -0.2) is 9.78 Å². The van der Waals surface area contributed by atoms with Crippen LogP contribution >= 0.6 is 0 Å². The number of hydrogen-bond acceptors (Lipinski definition) is 2. The smallest absolute Gasteiger partial charge is 0.0746 e. The standard InChI is InChI=1S/C11H15N3/c1-8(2)14-11-5-3-4-9(6-12)10(11)7-13-14/h7-9H,3-5H2,1-2H3. The first-order valence-electron chi connectivity index (χ1n) is 5.20. The van der Waals surface area contributed by atoms with E-state index in [1.165, 1.54) is 5.69 Å². The van der Waals surface area contributed by atoms with Gasteiger partial charge in [-0.05, 0) is 33.1 Å². The minimum atomic E-state index is 0.0752. The van der Waals surface area contributed by atoms with Crippen molar-refractivity contribution in [2.75, 3.05) is 0 Å². The van der Waals surface area contributed by atoms with Crippen LogP contribution in [0.1, 0.15) is 49.9 Å². The molecule has 1 heterocycles. The Morgan fingerprint density at radius 3 is 3.07 bits per heavy atom. The van der Waals surface area contributed by atoms with Crippen LogP contribution in [0.3, 0.4) is 0 Å². The van der Waals surface area contributed by atoms with Crippen molar-refractivity contribution < 1.29 is 0 Å². The van der Waals surface area contributed by atoms with Gasteiger partial charge < -0.3 is 0 Å². The quantitative estimate of drug-likeness (QED) is 0.680. The Balaban J connectivity index is 2.44. The largest absolute Gasteiger partial charge is 0.267 e. The van der Waals surface area contributed by atoms with Gasteiger partial charge in [0.05, 0.1) is 18.2 Å². The maximum absolute atomic E-state index is 9.00. The Morgan fingerprint density at radius 2 is 2.43 bits per heavy atom. The summed E-state index contributed by atoms with van der Waals surface area (Å²) >= 11 is 0. The van der Waals surface area contributed by atoms with Gasteiger partial charge in [-0.3, -0.25) is 4.68 Å². The van der Waals surface area contributed by atoms with E-state index < -0.39 is 0 Å². The minimum Gasteiger partial charge on any atom is -0.267 e. The summed E-state index contributed by atoms with van der Waals surface area (Å²) < 4.78 is 2.05. The summed E-state index contributed by atoms with van der Waals surface area (Å²) in [4.78, 5) is 0. The highest BCUT2D eigenvalue weighted by atomic mass is 15.3. The first-order chi connectivity index (χ1) is 6.74. The lowest BCUT2D eigenvalue weighted by atomic mass is 9.88. The predicted octanol–water partition coefficient (Wildman–Crippen LogP) is 2.41. The number of nitriles is 1. The number of rotatable bonds is 1. The first-order valence-corrected chi connectivity index (χ1v) is 5.20. The van der Waals surface area contributed by atoms with Gasteiger partial charge in [0.25, 0.3) is 0 Å². The van der Waals surface area contributed by atoms with Gasteiger partial charge in [-0.1, -0.05) is 0 Å². The maximum atomic E-state index is 9.00. The molecule has 0 amide bonds. The highest BCUT2D eigenvalue weighted by Crippen LogP contribution is 2.31.